The predicted molar refractivity (Wildman–Crippen MR) is 85.8 cm³/mol. The lowest BCUT2D eigenvalue weighted by molar-refractivity contribution is 0.0683. The molecule has 0 aliphatic heterocycles. The van der Waals surface area contributed by atoms with E-state index in [0.29, 0.717) is 26.4 Å². The number of hydrogen-bond acceptors (Lipinski definition) is 5. The SMILES string of the molecule is COCCOCCCNCC(O)COc1cccc(Br)c1. The number of hydrogen-bond donors (Lipinski definition) is 2. The second-order valence-corrected chi connectivity index (χ2v) is 5.50. The lowest BCUT2D eigenvalue weighted by Gasteiger charge is -2.13. The topological polar surface area (TPSA) is 60.0 Å². The van der Waals surface area contributed by atoms with Crippen LogP contribution in [-0.2, 0) is 9.47 Å². The summed E-state index contributed by atoms with van der Waals surface area (Å²) in [6.45, 7) is 3.53. The van der Waals surface area contributed by atoms with Crippen LogP contribution in [-0.4, -0.2) is 57.8 Å². The van der Waals surface area contributed by atoms with Crippen LogP contribution in [0.2, 0.25) is 0 Å². The van der Waals surface area contributed by atoms with E-state index >= 15 is 0 Å². The summed E-state index contributed by atoms with van der Waals surface area (Å²) >= 11 is 3.38. The van der Waals surface area contributed by atoms with Gasteiger partial charge in [0.15, 0.2) is 0 Å². The number of nitrogens with one attached hydrogen (secondary N) is 1. The Morgan fingerprint density at radius 1 is 1.29 bits per heavy atom. The minimum Gasteiger partial charge on any atom is -0.491 e. The van der Waals surface area contributed by atoms with Gasteiger partial charge in [0.1, 0.15) is 18.5 Å². The third kappa shape index (κ3) is 9.82. The highest BCUT2D eigenvalue weighted by Crippen LogP contribution is 2.17. The van der Waals surface area contributed by atoms with Gasteiger partial charge in [-0.05, 0) is 31.2 Å². The Kier molecular flexibility index (Phi) is 10.5. The van der Waals surface area contributed by atoms with Gasteiger partial charge in [-0.2, -0.15) is 0 Å². The lowest BCUT2D eigenvalue weighted by Crippen LogP contribution is -2.32. The van der Waals surface area contributed by atoms with Gasteiger partial charge in [-0.1, -0.05) is 22.0 Å². The number of methoxy groups -OCH3 is 1. The number of rotatable bonds is 12. The van der Waals surface area contributed by atoms with Crippen molar-refractivity contribution in [3.05, 3.63) is 28.7 Å². The van der Waals surface area contributed by atoms with Gasteiger partial charge in [-0.3, -0.25) is 0 Å². The quantitative estimate of drug-likeness (QED) is 0.556. The second-order valence-electron chi connectivity index (χ2n) is 4.59. The zero-order valence-corrected chi connectivity index (χ0v) is 14.0. The van der Waals surface area contributed by atoms with E-state index in [1.54, 1.807) is 7.11 Å². The first kappa shape index (κ1) is 18.4. The molecule has 1 rings (SSSR count). The van der Waals surface area contributed by atoms with Gasteiger partial charge in [-0.25, -0.2) is 0 Å². The van der Waals surface area contributed by atoms with Crippen molar-refractivity contribution >= 4 is 15.9 Å². The van der Waals surface area contributed by atoms with E-state index in [2.05, 4.69) is 21.2 Å². The molecule has 0 fully saturated rings. The van der Waals surface area contributed by atoms with Crippen LogP contribution in [0.3, 0.4) is 0 Å². The van der Waals surface area contributed by atoms with Crippen LogP contribution in [0.5, 0.6) is 5.75 Å². The molecular weight excluding hydrogens is 338 g/mol. The van der Waals surface area contributed by atoms with Gasteiger partial charge in [0.05, 0.1) is 13.2 Å². The van der Waals surface area contributed by atoms with Crippen LogP contribution < -0.4 is 10.1 Å². The minimum atomic E-state index is -0.529. The van der Waals surface area contributed by atoms with Gasteiger partial charge in [0.2, 0.25) is 0 Å². The fraction of sp³-hybridized carbons (Fsp3) is 0.600. The van der Waals surface area contributed by atoms with Crippen LogP contribution in [0.15, 0.2) is 28.7 Å². The molecule has 0 saturated heterocycles. The van der Waals surface area contributed by atoms with Gasteiger partial charge in [-0.15, -0.1) is 0 Å². The maximum absolute atomic E-state index is 9.81. The van der Waals surface area contributed by atoms with Crippen LogP contribution >= 0.6 is 15.9 Å². The Bertz CT molecular complexity index is 378. The summed E-state index contributed by atoms with van der Waals surface area (Å²) in [6.07, 6.45) is 0.376. The fourth-order valence-corrected chi connectivity index (χ4v) is 2.00. The van der Waals surface area contributed by atoms with Crippen molar-refractivity contribution in [2.75, 3.05) is 46.6 Å². The van der Waals surface area contributed by atoms with Crippen molar-refractivity contribution in [1.29, 1.82) is 0 Å². The highest BCUT2D eigenvalue weighted by Gasteiger charge is 2.04. The predicted octanol–water partition coefficient (Wildman–Crippen LogP) is 1.83. The highest BCUT2D eigenvalue weighted by molar-refractivity contribution is 9.10. The van der Waals surface area contributed by atoms with Crippen molar-refractivity contribution < 1.29 is 19.3 Å². The van der Waals surface area contributed by atoms with E-state index < -0.39 is 6.10 Å². The van der Waals surface area contributed by atoms with E-state index in [1.165, 1.54) is 0 Å². The van der Waals surface area contributed by atoms with Gasteiger partial charge in [0.25, 0.3) is 0 Å². The second kappa shape index (κ2) is 11.9. The monoisotopic (exact) mass is 361 g/mol. The standard InChI is InChI=1S/C15H24BrNO4/c1-19-8-9-20-7-3-6-17-11-14(18)12-21-15-5-2-4-13(16)10-15/h2,4-5,10,14,17-18H,3,6-9,11-12H2,1H3. The van der Waals surface area contributed by atoms with Gasteiger partial charge >= 0.3 is 0 Å². The summed E-state index contributed by atoms with van der Waals surface area (Å²) in [4.78, 5) is 0. The molecule has 1 aromatic carbocycles. The Hall–Kier alpha value is -0.660. The normalized spacial score (nSPS) is 12.3. The molecule has 6 heteroatoms. The molecule has 1 unspecified atom stereocenters. The molecule has 0 radical (unpaired) electrons. The Balaban J connectivity index is 1.97. The first-order valence-corrected chi connectivity index (χ1v) is 7.85. The van der Waals surface area contributed by atoms with Gasteiger partial charge in [0, 0.05) is 24.7 Å². The Morgan fingerprint density at radius 2 is 2.14 bits per heavy atom. The molecule has 0 bridgehead atoms. The molecule has 0 aliphatic carbocycles. The first-order valence-electron chi connectivity index (χ1n) is 7.06. The van der Waals surface area contributed by atoms with Crippen LogP contribution in [0.1, 0.15) is 6.42 Å². The Morgan fingerprint density at radius 3 is 2.90 bits per heavy atom. The molecule has 0 aromatic heterocycles. The van der Waals surface area contributed by atoms with Crippen molar-refractivity contribution in [3.63, 3.8) is 0 Å². The van der Waals surface area contributed by atoms with Crippen molar-refractivity contribution in [1.82, 2.24) is 5.32 Å². The lowest BCUT2D eigenvalue weighted by atomic mass is 10.3. The highest BCUT2D eigenvalue weighted by atomic mass is 79.9. The third-order valence-corrected chi connectivity index (χ3v) is 3.19. The number of aliphatic hydroxyl groups excluding tert-OH is 1. The molecule has 0 saturated carbocycles. The average molecular weight is 362 g/mol. The van der Waals surface area contributed by atoms with Crippen LogP contribution in [0.25, 0.3) is 0 Å². The zero-order chi connectivity index (χ0) is 15.3. The van der Waals surface area contributed by atoms with E-state index in [1.807, 2.05) is 24.3 Å². The van der Waals surface area contributed by atoms with Crippen LogP contribution in [0.4, 0.5) is 0 Å². The number of halogens is 1. The fourth-order valence-electron chi connectivity index (χ4n) is 1.62. The molecular formula is C15H24BrNO4. The molecule has 120 valence electrons. The molecule has 5 nitrogen and oxygen atoms in total. The van der Waals surface area contributed by atoms with Crippen LogP contribution in [0, 0.1) is 0 Å². The smallest absolute Gasteiger partial charge is 0.120 e. The van der Waals surface area contributed by atoms with Crippen molar-refractivity contribution in [3.8, 4) is 5.75 Å². The largest absolute Gasteiger partial charge is 0.491 e. The molecule has 1 aromatic rings. The molecule has 0 spiro atoms. The summed E-state index contributed by atoms with van der Waals surface area (Å²) in [5.74, 6) is 0.745. The maximum Gasteiger partial charge on any atom is 0.120 e. The van der Waals surface area contributed by atoms with E-state index in [-0.39, 0.29) is 6.61 Å². The number of aliphatic hydroxyl groups is 1. The minimum absolute atomic E-state index is 0.272. The number of ether oxygens (including phenoxy) is 3. The molecule has 0 amide bonds. The van der Waals surface area contributed by atoms with E-state index in [4.69, 9.17) is 14.2 Å². The van der Waals surface area contributed by atoms with Gasteiger partial charge < -0.3 is 24.6 Å². The summed E-state index contributed by atoms with van der Waals surface area (Å²) < 4.78 is 16.7. The molecule has 2 N–H and O–H groups in total. The van der Waals surface area contributed by atoms with Crippen molar-refractivity contribution in [2.45, 2.75) is 12.5 Å². The molecule has 21 heavy (non-hydrogen) atoms. The molecule has 0 aliphatic rings. The third-order valence-electron chi connectivity index (χ3n) is 2.69. The summed E-state index contributed by atoms with van der Waals surface area (Å²) in [7, 11) is 1.66. The maximum atomic E-state index is 9.81. The first-order chi connectivity index (χ1) is 10.2. The summed E-state index contributed by atoms with van der Waals surface area (Å²) in [6, 6.07) is 7.56. The van der Waals surface area contributed by atoms with E-state index in [0.717, 1.165) is 23.2 Å². The Labute approximate surface area is 134 Å². The molecule has 0 heterocycles. The average Bonchev–Trinajstić information content (AvgIpc) is 2.48. The summed E-state index contributed by atoms with van der Waals surface area (Å²) in [5, 5.41) is 13.0. The number of benzene rings is 1. The summed E-state index contributed by atoms with van der Waals surface area (Å²) in [5.41, 5.74) is 0. The zero-order valence-electron chi connectivity index (χ0n) is 12.4. The molecule has 1 atom stereocenters. The van der Waals surface area contributed by atoms with E-state index in [9.17, 15) is 5.11 Å². The van der Waals surface area contributed by atoms with Crippen molar-refractivity contribution in [2.24, 2.45) is 0 Å².